The Morgan fingerprint density at radius 1 is 1.35 bits per heavy atom. The van der Waals surface area contributed by atoms with Crippen LogP contribution in [0.25, 0.3) is 0 Å². The van der Waals surface area contributed by atoms with Crippen molar-refractivity contribution >= 4 is 23.2 Å². The van der Waals surface area contributed by atoms with Gasteiger partial charge in [-0.15, -0.1) is 11.3 Å². The fraction of sp³-hybridized carbons (Fsp3) is 0.300. The molecule has 3 rings (SSSR count). The first-order chi connectivity index (χ1) is 14.6. The van der Waals surface area contributed by atoms with E-state index in [1.807, 2.05) is 0 Å². The second-order valence-corrected chi connectivity index (χ2v) is 7.62. The molecule has 3 N–H and O–H groups in total. The van der Waals surface area contributed by atoms with Gasteiger partial charge in [0.25, 0.3) is 0 Å². The van der Waals surface area contributed by atoms with E-state index >= 15 is 0 Å². The molecule has 1 aromatic heterocycles. The summed E-state index contributed by atoms with van der Waals surface area (Å²) in [6, 6.07) is 4.25. The number of ether oxygens (including phenoxy) is 2. The summed E-state index contributed by atoms with van der Waals surface area (Å²) in [5.74, 6) is -2.62. The molecule has 1 aliphatic heterocycles. The Morgan fingerprint density at radius 2 is 2.10 bits per heavy atom. The molecule has 0 spiro atoms. The molecule has 31 heavy (non-hydrogen) atoms. The molecule has 0 bridgehead atoms. The Kier molecular flexibility index (Phi) is 6.27. The minimum Gasteiger partial charge on any atom is -0.493 e. The molecule has 1 aromatic carbocycles. The number of aliphatic hydroxyl groups is 1. The van der Waals surface area contributed by atoms with Crippen LogP contribution in [-0.4, -0.2) is 42.5 Å². The van der Waals surface area contributed by atoms with Gasteiger partial charge in [-0.05, 0) is 29.1 Å². The monoisotopic (exact) mass is 456 g/mol. The van der Waals surface area contributed by atoms with Gasteiger partial charge in [-0.25, -0.2) is 4.79 Å². The summed E-state index contributed by atoms with van der Waals surface area (Å²) in [4.78, 5) is 25.1. The van der Waals surface area contributed by atoms with Crippen molar-refractivity contribution in [2.45, 2.75) is 17.9 Å². The third kappa shape index (κ3) is 4.23. The van der Waals surface area contributed by atoms with Crippen LogP contribution in [0.15, 0.2) is 48.4 Å². The average molecular weight is 456 g/mol. The van der Waals surface area contributed by atoms with Crippen LogP contribution in [0.4, 0.5) is 18.0 Å². The number of methoxy groups -OCH3 is 1. The molecule has 2 aromatic rings. The molecule has 1 saturated heterocycles. The summed E-state index contributed by atoms with van der Waals surface area (Å²) in [5, 5.41) is 15.9. The number of alkyl halides is 3. The van der Waals surface area contributed by atoms with E-state index in [4.69, 9.17) is 9.47 Å². The lowest BCUT2D eigenvalue weighted by Crippen LogP contribution is -2.72. The molecular weight excluding hydrogens is 437 g/mol. The lowest BCUT2D eigenvalue weighted by Gasteiger charge is -2.44. The highest BCUT2D eigenvalue weighted by Gasteiger charge is 2.66. The van der Waals surface area contributed by atoms with E-state index in [-0.39, 0.29) is 22.8 Å². The Hall–Kier alpha value is -3.05. The van der Waals surface area contributed by atoms with Crippen LogP contribution in [0, 0.1) is 5.92 Å². The van der Waals surface area contributed by atoms with Gasteiger partial charge in [0.2, 0.25) is 5.72 Å². The van der Waals surface area contributed by atoms with E-state index in [0.29, 0.717) is 5.75 Å². The lowest BCUT2D eigenvalue weighted by atomic mass is 9.78. The van der Waals surface area contributed by atoms with E-state index in [9.17, 15) is 27.9 Å². The predicted octanol–water partition coefficient (Wildman–Crippen LogP) is 3.43. The van der Waals surface area contributed by atoms with Crippen LogP contribution in [-0.2, 0) is 0 Å². The van der Waals surface area contributed by atoms with Crippen LogP contribution in [0.3, 0.4) is 0 Å². The molecule has 166 valence electrons. The maximum absolute atomic E-state index is 13.9. The molecule has 11 heteroatoms. The molecule has 7 nitrogen and oxygen atoms in total. The summed E-state index contributed by atoms with van der Waals surface area (Å²) < 4.78 is 52.3. The number of ketones is 1. The molecular formula is C20H19F3N2O5S. The molecule has 0 saturated carbocycles. The molecule has 0 radical (unpaired) electrons. The standard InChI is InChI=1S/C20H19F3N2O5S/c1-3-8-30-12-7-6-11(10-13(12)29-2)16-15(17(26)14-5-4-9-31-14)19(28,20(21,22)23)25-18(27)24-16/h3-7,9-10,15-16,28H,1,8H2,2H3,(H2,24,25,27)/t15-,16+,19-/m1/s1. The van der Waals surface area contributed by atoms with Crippen molar-refractivity contribution in [2.24, 2.45) is 5.92 Å². The Morgan fingerprint density at radius 3 is 2.68 bits per heavy atom. The summed E-state index contributed by atoms with van der Waals surface area (Å²) in [5.41, 5.74) is -3.66. The van der Waals surface area contributed by atoms with E-state index in [1.165, 1.54) is 54.2 Å². The summed E-state index contributed by atoms with van der Waals surface area (Å²) in [7, 11) is 1.33. The number of carbonyl (C=O) groups is 2. The predicted molar refractivity (Wildman–Crippen MR) is 106 cm³/mol. The van der Waals surface area contributed by atoms with Crippen molar-refractivity contribution in [1.29, 1.82) is 0 Å². The van der Waals surface area contributed by atoms with Crippen molar-refractivity contribution in [3.8, 4) is 11.5 Å². The number of urea groups is 1. The summed E-state index contributed by atoms with van der Waals surface area (Å²) in [6.45, 7) is 3.69. The summed E-state index contributed by atoms with van der Waals surface area (Å²) >= 11 is 0.931. The number of thiophene rings is 1. The highest BCUT2D eigenvalue weighted by Crippen LogP contribution is 2.45. The topological polar surface area (TPSA) is 96.9 Å². The highest BCUT2D eigenvalue weighted by molar-refractivity contribution is 7.12. The molecule has 1 aliphatic rings. The maximum atomic E-state index is 13.9. The Balaban J connectivity index is 2.12. The van der Waals surface area contributed by atoms with Gasteiger partial charge in [0.05, 0.1) is 18.0 Å². The minimum absolute atomic E-state index is 0.00789. The number of carbonyl (C=O) groups excluding carboxylic acids is 2. The largest absolute Gasteiger partial charge is 0.493 e. The van der Waals surface area contributed by atoms with Crippen molar-refractivity contribution < 1.29 is 37.3 Å². The van der Waals surface area contributed by atoms with E-state index in [0.717, 1.165) is 11.3 Å². The second kappa shape index (κ2) is 8.60. The van der Waals surface area contributed by atoms with Gasteiger partial charge in [0.1, 0.15) is 12.5 Å². The van der Waals surface area contributed by atoms with Gasteiger partial charge in [0.15, 0.2) is 17.3 Å². The quantitative estimate of drug-likeness (QED) is 0.438. The number of hydrogen-bond donors (Lipinski definition) is 3. The number of Topliss-reactive ketones (excluding diaryl/α,β-unsaturated/α-hetero) is 1. The first-order valence-electron chi connectivity index (χ1n) is 8.99. The second-order valence-electron chi connectivity index (χ2n) is 6.67. The van der Waals surface area contributed by atoms with Gasteiger partial charge in [-0.3, -0.25) is 4.79 Å². The average Bonchev–Trinajstić information content (AvgIpc) is 3.25. The van der Waals surface area contributed by atoms with Crippen LogP contribution < -0.4 is 20.1 Å². The fourth-order valence-electron chi connectivity index (χ4n) is 3.33. The van der Waals surface area contributed by atoms with E-state index in [2.05, 4.69) is 11.9 Å². The Labute approximate surface area is 179 Å². The maximum Gasteiger partial charge on any atom is 0.437 e. The van der Waals surface area contributed by atoms with Gasteiger partial charge in [-0.1, -0.05) is 24.8 Å². The van der Waals surface area contributed by atoms with E-state index < -0.39 is 35.7 Å². The first-order valence-corrected chi connectivity index (χ1v) is 9.87. The van der Waals surface area contributed by atoms with Gasteiger partial charge >= 0.3 is 12.2 Å². The molecule has 2 heterocycles. The number of halogens is 3. The van der Waals surface area contributed by atoms with Crippen molar-refractivity contribution in [1.82, 2.24) is 10.6 Å². The van der Waals surface area contributed by atoms with Crippen molar-refractivity contribution in [2.75, 3.05) is 13.7 Å². The van der Waals surface area contributed by atoms with Crippen molar-refractivity contribution in [3.63, 3.8) is 0 Å². The highest BCUT2D eigenvalue weighted by atomic mass is 32.1. The molecule has 2 amide bonds. The van der Waals surface area contributed by atoms with Crippen molar-refractivity contribution in [3.05, 3.63) is 58.8 Å². The molecule has 1 fully saturated rings. The van der Waals surface area contributed by atoms with Gasteiger partial charge in [0, 0.05) is 0 Å². The zero-order valence-corrected chi connectivity index (χ0v) is 17.0. The fourth-order valence-corrected chi connectivity index (χ4v) is 4.04. The smallest absolute Gasteiger partial charge is 0.437 e. The third-order valence-corrected chi connectivity index (χ3v) is 5.64. The summed E-state index contributed by atoms with van der Waals surface area (Å²) in [6.07, 6.45) is -3.82. The number of hydrogen-bond acceptors (Lipinski definition) is 6. The zero-order chi connectivity index (χ0) is 22.8. The zero-order valence-electron chi connectivity index (χ0n) is 16.2. The number of rotatable bonds is 7. The first kappa shape index (κ1) is 22.6. The van der Waals surface area contributed by atoms with Crippen LogP contribution in [0.2, 0.25) is 0 Å². The molecule has 0 aliphatic carbocycles. The molecule has 0 unspecified atom stereocenters. The normalized spacial score (nSPS) is 23.5. The number of amides is 2. The van der Waals surface area contributed by atoms with Crippen LogP contribution in [0.1, 0.15) is 21.3 Å². The van der Waals surface area contributed by atoms with Gasteiger partial charge in [-0.2, -0.15) is 13.2 Å². The minimum atomic E-state index is -5.32. The number of nitrogens with one attached hydrogen (secondary N) is 2. The van der Waals surface area contributed by atoms with E-state index in [1.54, 1.807) is 0 Å². The lowest BCUT2D eigenvalue weighted by molar-refractivity contribution is -0.287. The third-order valence-electron chi connectivity index (χ3n) is 4.76. The van der Waals surface area contributed by atoms with Crippen LogP contribution >= 0.6 is 11.3 Å². The van der Waals surface area contributed by atoms with Crippen LogP contribution in [0.5, 0.6) is 11.5 Å². The molecule has 3 atom stereocenters. The number of benzene rings is 1. The van der Waals surface area contributed by atoms with Gasteiger partial charge < -0.3 is 25.2 Å². The Bertz CT molecular complexity index is 980. The SMILES string of the molecule is C=CCOc1ccc([C@@H]2NC(=O)N[C@](O)(C(F)(F)F)[C@H]2C(=O)c2cccs2)cc1OC.